The topological polar surface area (TPSA) is 168 Å². The zero-order valence-corrected chi connectivity index (χ0v) is 19.7. The molecule has 6 N–H and O–H groups in total. The second kappa shape index (κ2) is 9.37. The van der Waals surface area contributed by atoms with Gasteiger partial charge in [0.15, 0.2) is 5.58 Å². The number of hydrogen-bond donors (Lipinski definition) is 6. The van der Waals surface area contributed by atoms with Gasteiger partial charge in [-0.05, 0) is 39.6 Å². The highest BCUT2D eigenvalue weighted by Gasteiger charge is 2.63. The molecule has 5 rings (SSSR count). The quantitative estimate of drug-likeness (QED) is 0.284. The summed E-state index contributed by atoms with van der Waals surface area (Å²) in [6.45, 7) is 1.79. The summed E-state index contributed by atoms with van der Waals surface area (Å²) in [5.74, 6) is -2.22. The summed E-state index contributed by atoms with van der Waals surface area (Å²) in [4.78, 5) is 17.2. The van der Waals surface area contributed by atoms with Crippen molar-refractivity contribution in [3.05, 3.63) is 30.2 Å². The Hall–Kier alpha value is -2.16. The number of nitrogens with one attached hydrogen (secondary N) is 3. The Balaban J connectivity index is 1.36. The first-order valence-corrected chi connectivity index (χ1v) is 11.8. The van der Waals surface area contributed by atoms with E-state index >= 15 is 0 Å². The van der Waals surface area contributed by atoms with E-state index in [-0.39, 0.29) is 24.8 Å². The Morgan fingerprint density at radius 2 is 1.86 bits per heavy atom. The summed E-state index contributed by atoms with van der Waals surface area (Å²) < 4.78 is 23.6. The maximum Gasteiger partial charge on any atom is 0.239 e. The molecule has 1 amide bonds. The predicted molar refractivity (Wildman–Crippen MR) is 121 cm³/mol. The number of aliphatic hydroxyl groups is 3. The molecule has 10 atom stereocenters. The molecule has 192 valence electrons. The SMILES string of the molecule is CN[C@@H]1[C@H](O)[C@H](NC)C2O[C@]3(O)C(OC2[C@H]1O)O[C@H](C)C[C@H]3NC(=O)Cc1nc2ccccc2o1. The molecule has 3 unspecified atom stereocenters. The molecule has 1 aromatic heterocycles. The number of aromatic nitrogens is 1. The Labute approximate surface area is 201 Å². The number of aliphatic hydroxyl groups excluding tert-OH is 2. The van der Waals surface area contributed by atoms with Gasteiger partial charge in [-0.15, -0.1) is 0 Å². The molecule has 35 heavy (non-hydrogen) atoms. The fourth-order valence-electron chi connectivity index (χ4n) is 5.40. The maximum absolute atomic E-state index is 12.9. The molecule has 1 aromatic carbocycles. The van der Waals surface area contributed by atoms with Crippen molar-refractivity contribution in [2.75, 3.05) is 14.1 Å². The van der Waals surface area contributed by atoms with Crippen molar-refractivity contribution in [1.29, 1.82) is 0 Å². The van der Waals surface area contributed by atoms with Crippen LogP contribution in [0.3, 0.4) is 0 Å². The van der Waals surface area contributed by atoms with Crippen LogP contribution in [0.15, 0.2) is 28.7 Å². The van der Waals surface area contributed by atoms with Crippen LogP contribution in [0.1, 0.15) is 19.2 Å². The second-order valence-corrected chi connectivity index (χ2v) is 9.43. The molecular weight excluding hydrogens is 460 g/mol. The predicted octanol–water partition coefficient (Wildman–Crippen LogP) is -1.63. The summed E-state index contributed by atoms with van der Waals surface area (Å²) >= 11 is 0. The fourth-order valence-corrected chi connectivity index (χ4v) is 5.40. The third-order valence-corrected chi connectivity index (χ3v) is 7.14. The smallest absolute Gasteiger partial charge is 0.239 e. The largest absolute Gasteiger partial charge is 0.440 e. The first-order valence-electron chi connectivity index (χ1n) is 11.8. The number of amides is 1. The zero-order valence-electron chi connectivity index (χ0n) is 19.7. The van der Waals surface area contributed by atoms with Crippen molar-refractivity contribution >= 4 is 17.0 Å². The maximum atomic E-state index is 12.9. The lowest BCUT2D eigenvalue weighted by molar-refractivity contribution is -0.449. The third kappa shape index (κ3) is 4.23. The number of ether oxygens (including phenoxy) is 3. The van der Waals surface area contributed by atoms with Crippen LogP contribution in [-0.4, -0.2) is 101 Å². The van der Waals surface area contributed by atoms with E-state index in [4.69, 9.17) is 18.6 Å². The van der Waals surface area contributed by atoms with E-state index in [1.807, 2.05) is 12.1 Å². The van der Waals surface area contributed by atoms with Gasteiger partial charge >= 0.3 is 0 Å². The molecule has 2 aliphatic heterocycles. The lowest BCUT2D eigenvalue weighted by Gasteiger charge is -2.58. The molecule has 2 aromatic rings. The van der Waals surface area contributed by atoms with Crippen molar-refractivity contribution in [1.82, 2.24) is 20.9 Å². The third-order valence-electron chi connectivity index (χ3n) is 7.14. The molecule has 1 saturated carbocycles. The zero-order chi connectivity index (χ0) is 24.9. The molecule has 3 fully saturated rings. The Bertz CT molecular complexity index is 1030. The number of fused-ring (bicyclic) bond motifs is 3. The van der Waals surface area contributed by atoms with Crippen LogP contribution in [0.2, 0.25) is 0 Å². The van der Waals surface area contributed by atoms with E-state index in [1.54, 1.807) is 33.2 Å². The van der Waals surface area contributed by atoms with Gasteiger partial charge in [-0.25, -0.2) is 4.98 Å². The van der Waals surface area contributed by atoms with Gasteiger partial charge in [-0.2, -0.15) is 0 Å². The average molecular weight is 493 g/mol. The van der Waals surface area contributed by atoms with Crippen molar-refractivity contribution in [2.24, 2.45) is 0 Å². The molecule has 3 aliphatic rings. The number of rotatable bonds is 5. The van der Waals surface area contributed by atoms with Crippen molar-refractivity contribution < 1.29 is 38.7 Å². The minimum atomic E-state index is -2.05. The second-order valence-electron chi connectivity index (χ2n) is 9.43. The van der Waals surface area contributed by atoms with Gasteiger partial charge in [0.1, 0.15) is 30.2 Å². The van der Waals surface area contributed by atoms with Crippen LogP contribution in [0.25, 0.3) is 11.1 Å². The van der Waals surface area contributed by atoms with E-state index in [2.05, 4.69) is 20.9 Å². The minimum absolute atomic E-state index is 0.130. The lowest BCUT2D eigenvalue weighted by Crippen LogP contribution is -2.79. The van der Waals surface area contributed by atoms with Gasteiger partial charge in [0, 0.05) is 0 Å². The average Bonchev–Trinajstić information content (AvgIpc) is 3.22. The number of carbonyl (C=O) groups excluding carboxylic acids is 1. The van der Waals surface area contributed by atoms with Crippen molar-refractivity contribution in [3.63, 3.8) is 0 Å². The van der Waals surface area contributed by atoms with Gasteiger partial charge in [-0.3, -0.25) is 4.79 Å². The normalized spacial score (nSPS) is 41.3. The number of carbonyl (C=O) groups is 1. The Morgan fingerprint density at radius 1 is 1.11 bits per heavy atom. The Kier molecular flexibility index (Phi) is 6.57. The van der Waals surface area contributed by atoms with Crippen LogP contribution in [0.4, 0.5) is 0 Å². The van der Waals surface area contributed by atoms with Gasteiger partial charge in [0.2, 0.25) is 23.9 Å². The summed E-state index contributed by atoms with van der Waals surface area (Å²) in [7, 11) is 3.28. The van der Waals surface area contributed by atoms with Gasteiger partial charge in [0.25, 0.3) is 0 Å². The number of benzene rings is 1. The number of oxazole rings is 1. The van der Waals surface area contributed by atoms with Crippen molar-refractivity contribution in [2.45, 2.75) is 80.5 Å². The lowest BCUT2D eigenvalue weighted by atomic mass is 9.79. The van der Waals surface area contributed by atoms with Crippen LogP contribution in [0.5, 0.6) is 0 Å². The van der Waals surface area contributed by atoms with Gasteiger partial charge < -0.3 is 49.9 Å². The number of hydrogen-bond acceptors (Lipinski definition) is 11. The fraction of sp³-hybridized carbons (Fsp3) is 0.652. The summed E-state index contributed by atoms with van der Waals surface area (Å²) in [6, 6.07) is 4.98. The van der Waals surface area contributed by atoms with Crippen LogP contribution >= 0.6 is 0 Å². The highest BCUT2D eigenvalue weighted by atomic mass is 16.8. The van der Waals surface area contributed by atoms with Crippen LogP contribution in [-0.2, 0) is 25.4 Å². The van der Waals surface area contributed by atoms with E-state index in [1.165, 1.54) is 0 Å². The standard InChI is InChI=1S/C23H32N4O8/c1-10-8-13(27-14(28)9-15-26-11-6-4-5-7-12(11)33-15)23(31)22(32-10)34-21-19(30)16(24-2)18(29)17(25-3)20(21)35-23/h4-7,10,13,16-22,24-25,29-31H,8-9H2,1-3H3,(H,27,28)/t10-,13-,16-,17+,18+,19+,20?,21?,22?,23+/m1/s1. The molecule has 1 aliphatic carbocycles. The summed E-state index contributed by atoms with van der Waals surface area (Å²) in [5.41, 5.74) is 1.23. The highest BCUT2D eigenvalue weighted by molar-refractivity contribution is 5.79. The highest BCUT2D eigenvalue weighted by Crippen LogP contribution is 2.42. The van der Waals surface area contributed by atoms with Gasteiger partial charge in [0.05, 0.1) is 30.3 Å². The van der Waals surface area contributed by atoms with E-state index in [0.717, 1.165) is 0 Å². The first kappa shape index (κ1) is 24.5. The number of para-hydroxylation sites is 2. The molecule has 3 heterocycles. The van der Waals surface area contributed by atoms with Crippen molar-refractivity contribution in [3.8, 4) is 0 Å². The molecule has 12 nitrogen and oxygen atoms in total. The minimum Gasteiger partial charge on any atom is -0.440 e. The van der Waals surface area contributed by atoms with Gasteiger partial charge in [-0.1, -0.05) is 12.1 Å². The molecule has 0 radical (unpaired) electrons. The van der Waals surface area contributed by atoms with E-state index < -0.39 is 60.5 Å². The molecule has 12 heteroatoms. The molecule has 2 saturated heterocycles. The van der Waals surface area contributed by atoms with E-state index in [9.17, 15) is 20.1 Å². The van der Waals surface area contributed by atoms with Crippen LogP contribution in [0, 0.1) is 0 Å². The summed E-state index contributed by atoms with van der Waals surface area (Å²) in [6.07, 6.45) is -5.47. The molecule has 0 spiro atoms. The molecular formula is C23H32N4O8. The number of nitrogens with zero attached hydrogens (tertiary/aromatic N) is 1. The molecule has 0 bridgehead atoms. The van der Waals surface area contributed by atoms with E-state index in [0.29, 0.717) is 11.1 Å². The monoisotopic (exact) mass is 492 g/mol. The van der Waals surface area contributed by atoms with Crippen LogP contribution < -0.4 is 16.0 Å². The Morgan fingerprint density at radius 3 is 2.57 bits per heavy atom. The number of likely N-dealkylation sites (N-methyl/N-ethyl adjacent to an activating group) is 2. The summed E-state index contributed by atoms with van der Waals surface area (Å²) in [5, 5.41) is 42.0. The first-order chi connectivity index (χ1) is 16.7.